The van der Waals surface area contributed by atoms with E-state index >= 15 is 0 Å². The van der Waals surface area contributed by atoms with E-state index in [1.165, 1.54) is 9.91 Å². The van der Waals surface area contributed by atoms with Gasteiger partial charge in [-0.3, -0.25) is 9.59 Å². The zero-order valence-corrected chi connectivity index (χ0v) is 17.5. The van der Waals surface area contributed by atoms with Crippen molar-refractivity contribution in [3.8, 4) is 0 Å². The maximum Gasteiger partial charge on any atom is 0.321 e. The van der Waals surface area contributed by atoms with Crippen molar-refractivity contribution in [2.24, 2.45) is 11.0 Å². The average molecular weight is 407 g/mol. The number of aryl methyl sites for hydroxylation is 1. The molecule has 0 fully saturated rings. The predicted molar refractivity (Wildman–Crippen MR) is 118 cm³/mol. The summed E-state index contributed by atoms with van der Waals surface area (Å²) in [4.78, 5) is 38.8. The summed E-state index contributed by atoms with van der Waals surface area (Å²) in [6.45, 7) is 3.70. The highest BCUT2D eigenvalue weighted by atomic mass is 16.2. The third kappa shape index (κ3) is 4.48. The Morgan fingerprint density at radius 2 is 1.77 bits per heavy atom. The SMILES string of the molecule is CCc1cccc(NC(=O)C2C(=O)N(c3ccc(NC(=O)N(C)C)cc3)N=C2C)c1. The van der Waals surface area contributed by atoms with Gasteiger partial charge in [0.15, 0.2) is 5.92 Å². The fourth-order valence-electron chi connectivity index (χ4n) is 3.06. The minimum atomic E-state index is -0.983. The van der Waals surface area contributed by atoms with Gasteiger partial charge in [0.05, 0.1) is 11.4 Å². The molecule has 0 radical (unpaired) electrons. The van der Waals surface area contributed by atoms with E-state index in [0.29, 0.717) is 22.8 Å². The van der Waals surface area contributed by atoms with Gasteiger partial charge in [0.2, 0.25) is 5.91 Å². The maximum atomic E-state index is 12.9. The van der Waals surface area contributed by atoms with Gasteiger partial charge in [-0.2, -0.15) is 10.1 Å². The number of hydrazone groups is 1. The molecule has 1 atom stereocenters. The molecule has 2 N–H and O–H groups in total. The van der Waals surface area contributed by atoms with E-state index in [2.05, 4.69) is 15.7 Å². The number of anilines is 3. The van der Waals surface area contributed by atoms with Crippen molar-refractivity contribution < 1.29 is 14.4 Å². The van der Waals surface area contributed by atoms with Gasteiger partial charge in [-0.25, -0.2) is 4.79 Å². The predicted octanol–water partition coefficient (Wildman–Crippen LogP) is 3.32. The number of hydrogen-bond donors (Lipinski definition) is 2. The van der Waals surface area contributed by atoms with Gasteiger partial charge in [-0.1, -0.05) is 19.1 Å². The van der Waals surface area contributed by atoms with Crippen molar-refractivity contribution in [3.05, 3.63) is 54.1 Å². The number of rotatable bonds is 5. The molecule has 8 nitrogen and oxygen atoms in total. The van der Waals surface area contributed by atoms with Crippen molar-refractivity contribution >= 4 is 40.6 Å². The summed E-state index contributed by atoms with van der Waals surface area (Å²) in [7, 11) is 3.29. The lowest BCUT2D eigenvalue weighted by atomic mass is 10.0. The van der Waals surface area contributed by atoms with Crippen LogP contribution in [0.1, 0.15) is 19.4 Å². The van der Waals surface area contributed by atoms with Gasteiger partial charge in [0.25, 0.3) is 5.91 Å². The number of carbonyl (C=O) groups excluding carboxylic acids is 3. The van der Waals surface area contributed by atoms with Crippen LogP contribution in [-0.2, 0) is 16.0 Å². The molecule has 1 heterocycles. The molecule has 0 bridgehead atoms. The Labute approximate surface area is 175 Å². The van der Waals surface area contributed by atoms with Crippen LogP contribution in [0.25, 0.3) is 0 Å². The lowest BCUT2D eigenvalue weighted by Crippen LogP contribution is -2.36. The van der Waals surface area contributed by atoms with Gasteiger partial charge < -0.3 is 15.5 Å². The summed E-state index contributed by atoms with van der Waals surface area (Å²) in [5.41, 5.74) is 3.29. The first-order valence-electron chi connectivity index (χ1n) is 9.67. The lowest BCUT2D eigenvalue weighted by molar-refractivity contribution is -0.127. The molecule has 156 valence electrons. The van der Waals surface area contributed by atoms with Crippen molar-refractivity contribution in [1.82, 2.24) is 4.90 Å². The first-order chi connectivity index (χ1) is 14.3. The van der Waals surface area contributed by atoms with Gasteiger partial charge in [0.1, 0.15) is 0 Å². The molecule has 1 unspecified atom stereocenters. The summed E-state index contributed by atoms with van der Waals surface area (Å²) in [6.07, 6.45) is 0.853. The third-order valence-corrected chi connectivity index (χ3v) is 4.77. The molecule has 3 rings (SSSR count). The van der Waals surface area contributed by atoms with E-state index in [4.69, 9.17) is 0 Å². The smallest absolute Gasteiger partial charge is 0.321 e. The minimum absolute atomic E-state index is 0.252. The molecule has 2 aromatic carbocycles. The largest absolute Gasteiger partial charge is 0.331 e. The topological polar surface area (TPSA) is 94.1 Å². The molecule has 8 heteroatoms. The summed E-state index contributed by atoms with van der Waals surface area (Å²) in [5, 5.41) is 11.0. The monoisotopic (exact) mass is 407 g/mol. The standard InChI is InChI=1S/C22H25N5O3/c1-5-15-7-6-8-17(13-15)23-20(28)19-14(2)25-27(21(19)29)18-11-9-16(10-12-18)24-22(30)26(3)4/h6-13,19H,5H2,1-4H3,(H,23,28)(H,24,30). The van der Waals surface area contributed by atoms with Crippen LogP contribution >= 0.6 is 0 Å². The van der Waals surface area contributed by atoms with E-state index in [1.807, 2.05) is 25.1 Å². The van der Waals surface area contributed by atoms with Crippen LogP contribution in [-0.4, -0.2) is 42.6 Å². The number of nitrogens with zero attached hydrogens (tertiary/aromatic N) is 3. The minimum Gasteiger partial charge on any atom is -0.331 e. The fraction of sp³-hybridized carbons (Fsp3) is 0.273. The molecular weight excluding hydrogens is 382 g/mol. The summed E-state index contributed by atoms with van der Waals surface area (Å²) in [6, 6.07) is 14.0. The molecule has 0 aromatic heterocycles. The second-order valence-electron chi connectivity index (χ2n) is 7.24. The fourth-order valence-corrected chi connectivity index (χ4v) is 3.06. The maximum absolute atomic E-state index is 12.9. The second-order valence-corrected chi connectivity index (χ2v) is 7.24. The van der Waals surface area contributed by atoms with E-state index in [1.54, 1.807) is 51.4 Å². The van der Waals surface area contributed by atoms with Crippen LogP contribution in [0.5, 0.6) is 0 Å². The van der Waals surface area contributed by atoms with Crippen molar-refractivity contribution in [2.45, 2.75) is 20.3 Å². The van der Waals surface area contributed by atoms with Crippen LogP contribution in [0.3, 0.4) is 0 Å². The van der Waals surface area contributed by atoms with Crippen LogP contribution in [0.15, 0.2) is 53.6 Å². The molecule has 0 aliphatic carbocycles. The number of carbonyl (C=O) groups is 3. The Morgan fingerprint density at radius 3 is 2.40 bits per heavy atom. The third-order valence-electron chi connectivity index (χ3n) is 4.77. The van der Waals surface area contributed by atoms with E-state index in [0.717, 1.165) is 12.0 Å². The summed E-state index contributed by atoms with van der Waals surface area (Å²) in [5.74, 6) is -1.81. The van der Waals surface area contributed by atoms with Crippen molar-refractivity contribution in [3.63, 3.8) is 0 Å². The number of hydrogen-bond acceptors (Lipinski definition) is 4. The number of nitrogens with one attached hydrogen (secondary N) is 2. The van der Waals surface area contributed by atoms with E-state index in [-0.39, 0.29) is 6.03 Å². The van der Waals surface area contributed by atoms with Crippen LogP contribution in [0.2, 0.25) is 0 Å². The van der Waals surface area contributed by atoms with Crippen LogP contribution in [0, 0.1) is 5.92 Å². The summed E-state index contributed by atoms with van der Waals surface area (Å²) < 4.78 is 0. The van der Waals surface area contributed by atoms with Gasteiger partial charge >= 0.3 is 6.03 Å². The quantitative estimate of drug-likeness (QED) is 0.745. The highest BCUT2D eigenvalue weighted by molar-refractivity contribution is 6.28. The Balaban J connectivity index is 1.71. The number of urea groups is 1. The Bertz CT molecular complexity index is 998. The van der Waals surface area contributed by atoms with Crippen LogP contribution < -0.4 is 15.6 Å². The van der Waals surface area contributed by atoms with E-state index < -0.39 is 17.7 Å². The molecule has 0 saturated carbocycles. The van der Waals surface area contributed by atoms with Gasteiger partial charge in [-0.15, -0.1) is 0 Å². The molecule has 0 saturated heterocycles. The Hall–Kier alpha value is -3.68. The lowest BCUT2D eigenvalue weighted by Gasteiger charge is -2.16. The first-order valence-corrected chi connectivity index (χ1v) is 9.67. The molecule has 4 amide bonds. The summed E-state index contributed by atoms with van der Waals surface area (Å²) >= 11 is 0. The second kappa shape index (κ2) is 8.77. The first kappa shape index (κ1) is 21.0. The molecule has 1 aliphatic rings. The zero-order valence-electron chi connectivity index (χ0n) is 17.5. The normalized spacial score (nSPS) is 15.6. The van der Waals surface area contributed by atoms with Gasteiger partial charge in [-0.05, 0) is 55.3 Å². The molecular formula is C22H25N5O3. The number of benzene rings is 2. The highest BCUT2D eigenvalue weighted by Gasteiger charge is 2.39. The van der Waals surface area contributed by atoms with E-state index in [9.17, 15) is 14.4 Å². The Morgan fingerprint density at radius 1 is 1.07 bits per heavy atom. The van der Waals surface area contributed by atoms with Crippen molar-refractivity contribution in [2.75, 3.05) is 29.7 Å². The molecule has 30 heavy (non-hydrogen) atoms. The molecule has 1 aliphatic heterocycles. The van der Waals surface area contributed by atoms with Crippen LogP contribution in [0.4, 0.5) is 21.9 Å². The van der Waals surface area contributed by atoms with Crippen molar-refractivity contribution in [1.29, 1.82) is 0 Å². The number of amides is 4. The molecule has 2 aromatic rings. The average Bonchev–Trinajstić information content (AvgIpc) is 3.02. The zero-order chi connectivity index (χ0) is 21.8. The highest BCUT2D eigenvalue weighted by Crippen LogP contribution is 2.26. The Kier molecular flexibility index (Phi) is 6.15. The van der Waals surface area contributed by atoms with Gasteiger partial charge in [0, 0.05) is 25.5 Å². The molecule has 0 spiro atoms.